The van der Waals surface area contributed by atoms with E-state index in [2.05, 4.69) is 18.8 Å². The number of rotatable bonds is 5. The first kappa shape index (κ1) is 19.9. The van der Waals surface area contributed by atoms with Gasteiger partial charge < -0.3 is 10.0 Å². The van der Waals surface area contributed by atoms with Crippen LogP contribution >= 0.6 is 11.8 Å². The molecule has 1 aromatic carbocycles. The molecule has 2 atom stereocenters. The van der Waals surface area contributed by atoms with Gasteiger partial charge in [0.05, 0.1) is 24.0 Å². The standard InChI is InChI=1S/C18H22N2O5S2/c1-11(2)12-5-3-4-6-13(12)20-14-9-27(24,25)10-15(14)26-18(20)19-16(21)7-8-17(22)23/h3-6,11,14-15H,7-10H2,1-2H3,(H,22,23)/t14-,15+/m1/s1. The third kappa shape index (κ3) is 4.35. The van der Waals surface area contributed by atoms with Crippen molar-refractivity contribution < 1.29 is 23.1 Å². The Bertz CT molecular complexity index is 895. The van der Waals surface area contributed by atoms with Crippen LogP contribution in [0.25, 0.3) is 0 Å². The van der Waals surface area contributed by atoms with Crippen molar-refractivity contribution in [3.05, 3.63) is 29.8 Å². The van der Waals surface area contributed by atoms with Gasteiger partial charge in [-0.25, -0.2) is 8.42 Å². The van der Waals surface area contributed by atoms with Crippen molar-refractivity contribution in [3.8, 4) is 0 Å². The van der Waals surface area contributed by atoms with E-state index in [1.165, 1.54) is 11.8 Å². The molecule has 2 aliphatic heterocycles. The number of carboxylic acid groups (broad SMARTS) is 1. The molecule has 3 rings (SSSR count). The molecule has 1 amide bonds. The van der Waals surface area contributed by atoms with Crippen LogP contribution in [0.3, 0.4) is 0 Å². The van der Waals surface area contributed by atoms with E-state index in [4.69, 9.17) is 5.11 Å². The predicted octanol–water partition coefficient (Wildman–Crippen LogP) is 2.28. The van der Waals surface area contributed by atoms with Crippen LogP contribution in [0.1, 0.15) is 38.2 Å². The van der Waals surface area contributed by atoms with Gasteiger partial charge in [-0.05, 0) is 17.5 Å². The number of sulfone groups is 1. The molecule has 2 heterocycles. The SMILES string of the molecule is CC(C)c1ccccc1N1C(=NC(=O)CCC(=O)O)S[C@H]2CS(=O)(=O)C[C@H]21. The quantitative estimate of drug-likeness (QED) is 0.794. The fourth-order valence-electron chi connectivity index (χ4n) is 3.42. The van der Waals surface area contributed by atoms with Gasteiger partial charge in [0, 0.05) is 17.4 Å². The second-order valence-corrected chi connectivity index (χ2v) is 10.4. The third-order valence-electron chi connectivity index (χ3n) is 4.66. The zero-order chi connectivity index (χ0) is 19.8. The van der Waals surface area contributed by atoms with E-state index in [-0.39, 0.29) is 41.6 Å². The summed E-state index contributed by atoms with van der Waals surface area (Å²) in [6, 6.07) is 7.45. The number of amidine groups is 1. The second-order valence-electron chi connectivity index (χ2n) is 7.07. The van der Waals surface area contributed by atoms with Gasteiger partial charge in [0.25, 0.3) is 0 Å². The number of benzene rings is 1. The summed E-state index contributed by atoms with van der Waals surface area (Å²) in [7, 11) is -3.13. The first-order valence-electron chi connectivity index (χ1n) is 8.76. The van der Waals surface area contributed by atoms with Crippen LogP contribution in [0.2, 0.25) is 0 Å². The van der Waals surface area contributed by atoms with Crippen LogP contribution in [0.15, 0.2) is 29.3 Å². The zero-order valence-corrected chi connectivity index (χ0v) is 16.8. The first-order valence-corrected chi connectivity index (χ1v) is 11.5. The van der Waals surface area contributed by atoms with Crippen LogP contribution in [0.4, 0.5) is 5.69 Å². The molecule has 0 unspecified atom stereocenters. The molecule has 7 nitrogen and oxygen atoms in total. The summed E-state index contributed by atoms with van der Waals surface area (Å²) in [5, 5.41) is 9.04. The molecule has 27 heavy (non-hydrogen) atoms. The minimum absolute atomic E-state index is 0.0272. The van der Waals surface area contributed by atoms with Crippen LogP contribution in [0, 0.1) is 0 Å². The van der Waals surface area contributed by atoms with Gasteiger partial charge in [0.15, 0.2) is 15.0 Å². The normalized spacial score (nSPS) is 25.1. The number of thioether (sulfide) groups is 1. The highest BCUT2D eigenvalue weighted by Crippen LogP contribution is 2.43. The van der Waals surface area contributed by atoms with Gasteiger partial charge in [-0.2, -0.15) is 4.99 Å². The lowest BCUT2D eigenvalue weighted by Crippen LogP contribution is -2.38. The van der Waals surface area contributed by atoms with Crippen molar-refractivity contribution in [1.82, 2.24) is 0 Å². The van der Waals surface area contributed by atoms with E-state index in [9.17, 15) is 18.0 Å². The maximum Gasteiger partial charge on any atom is 0.303 e. The topological polar surface area (TPSA) is 104 Å². The summed E-state index contributed by atoms with van der Waals surface area (Å²) in [5.74, 6) is -1.25. The number of carboxylic acids is 1. The molecule has 0 aliphatic carbocycles. The largest absolute Gasteiger partial charge is 0.481 e. The van der Waals surface area contributed by atoms with E-state index in [1.807, 2.05) is 29.2 Å². The van der Waals surface area contributed by atoms with Gasteiger partial charge in [-0.15, -0.1) is 0 Å². The maximum absolute atomic E-state index is 12.1. The molecule has 0 saturated carbocycles. The number of aliphatic imine (C=N–C) groups is 1. The number of amides is 1. The first-order chi connectivity index (χ1) is 12.7. The molecule has 1 aromatic rings. The molecule has 0 spiro atoms. The molecular formula is C18H22N2O5S2. The summed E-state index contributed by atoms with van der Waals surface area (Å²) in [5.41, 5.74) is 1.91. The predicted molar refractivity (Wildman–Crippen MR) is 106 cm³/mol. The monoisotopic (exact) mass is 410 g/mol. The Morgan fingerprint density at radius 3 is 2.63 bits per heavy atom. The summed E-state index contributed by atoms with van der Waals surface area (Å²) in [6.07, 6.45) is -0.448. The number of hydrogen-bond acceptors (Lipinski definition) is 5. The Kier molecular flexibility index (Phi) is 5.62. The summed E-state index contributed by atoms with van der Waals surface area (Å²) >= 11 is 1.30. The second kappa shape index (κ2) is 7.63. The Morgan fingerprint density at radius 2 is 1.96 bits per heavy atom. The van der Waals surface area contributed by atoms with E-state index >= 15 is 0 Å². The number of fused-ring (bicyclic) bond motifs is 1. The summed E-state index contributed by atoms with van der Waals surface area (Å²) < 4.78 is 24.3. The average molecular weight is 411 g/mol. The fraction of sp³-hybridized carbons (Fsp3) is 0.500. The lowest BCUT2D eigenvalue weighted by molar-refractivity contribution is -0.138. The van der Waals surface area contributed by atoms with Crippen LogP contribution < -0.4 is 4.90 Å². The van der Waals surface area contributed by atoms with Gasteiger partial charge in [0.1, 0.15) is 0 Å². The summed E-state index contributed by atoms with van der Waals surface area (Å²) in [6.45, 7) is 4.11. The lowest BCUT2D eigenvalue weighted by atomic mass is 9.99. The maximum atomic E-state index is 12.1. The smallest absolute Gasteiger partial charge is 0.303 e. The van der Waals surface area contributed by atoms with Gasteiger partial charge >= 0.3 is 5.97 Å². The molecule has 0 aromatic heterocycles. The molecule has 2 aliphatic rings. The zero-order valence-electron chi connectivity index (χ0n) is 15.2. The third-order valence-corrected chi connectivity index (χ3v) is 7.87. The Balaban J connectivity index is 1.99. The van der Waals surface area contributed by atoms with Gasteiger partial charge in [-0.1, -0.05) is 43.8 Å². The fourth-order valence-corrected chi connectivity index (χ4v) is 7.34. The molecule has 0 bridgehead atoms. The molecule has 9 heteroatoms. The number of carbonyl (C=O) groups is 2. The van der Waals surface area contributed by atoms with Crippen molar-refractivity contribution in [1.29, 1.82) is 0 Å². The van der Waals surface area contributed by atoms with Crippen LogP contribution in [-0.4, -0.2) is 53.4 Å². The van der Waals surface area contributed by atoms with E-state index in [0.29, 0.717) is 5.17 Å². The molecule has 2 fully saturated rings. The number of para-hydroxylation sites is 1. The number of nitrogens with zero attached hydrogens (tertiary/aromatic N) is 2. The van der Waals surface area contributed by atoms with Crippen molar-refractivity contribution >= 4 is 44.3 Å². The molecule has 0 radical (unpaired) electrons. The molecule has 146 valence electrons. The highest BCUT2D eigenvalue weighted by atomic mass is 32.2. The average Bonchev–Trinajstić information content (AvgIpc) is 3.03. The summed E-state index contributed by atoms with van der Waals surface area (Å²) in [4.78, 5) is 28.8. The van der Waals surface area contributed by atoms with Crippen molar-refractivity contribution in [3.63, 3.8) is 0 Å². The minimum atomic E-state index is -3.13. The van der Waals surface area contributed by atoms with E-state index in [1.54, 1.807) is 0 Å². The van der Waals surface area contributed by atoms with Crippen LogP contribution in [-0.2, 0) is 19.4 Å². The van der Waals surface area contributed by atoms with Crippen molar-refractivity contribution in [2.24, 2.45) is 4.99 Å². The molecular weight excluding hydrogens is 388 g/mol. The van der Waals surface area contributed by atoms with E-state index < -0.39 is 21.7 Å². The minimum Gasteiger partial charge on any atom is -0.481 e. The Hall–Kier alpha value is -1.87. The lowest BCUT2D eigenvalue weighted by Gasteiger charge is -2.28. The van der Waals surface area contributed by atoms with Gasteiger partial charge in [0.2, 0.25) is 5.91 Å². The van der Waals surface area contributed by atoms with Crippen molar-refractivity contribution in [2.45, 2.75) is 43.9 Å². The number of aliphatic carboxylic acids is 1. The van der Waals surface area contributed by atoms with Crippen LogP contribution in [0.5, 0.6) is 0 Å². The number of carbonyl (C=O) groups excluding carboxylic acids is 1. The Morgan fingerprint density at radius 1 is 1.26 bits per heavy atom. The number of hydrogen-bond donors (Lipinski definition) is 1. The molecule has 1 N–H and O–H groups in total. The highest BCUT2D eigenvalue weighted by Gasteiger charge is 2.49. The van der Waals surface area contributed by atoms with Gasteiger partial charge in [-0.3, -0.25) is 9.59 Å². The molecule has 2 saturated heterocycles. The highest BCUT2D eigenvalue weighted by molar-refractivity contribution is 8.16. The number of anilines is 1. The Labute approximate surface area is 162 Å². The van der Waals surface area contributed by atoms with Crippen molar-refractivity contribution in [2.75, 3.05) is 16.4 Å². The van der Waals surface area contributed by atoms with E-state index in [0.717, 1.165) is 11.3 Å².